The van der Waals surface area contributed by atoms with Gasteiger partial charge >= 0.3 is 0 Å². The number of rotatable bonds is 1. The van der Waals surface area contributed by atoms with Crippen LogP contribution in [-0.4, -0.2) is 44.4 Å². The number of pyridine rings is 1. The van der Waals surface area contributed by atoms with Crippen molar-refractivity contribution in [2.45, 2.75) is 6.54 Å². The van der Waals surface area contributed by atoms with E-state index in [2.05, 4.69) is 15.2 Å². The van der Waals surface area contributed by atoms with Crippen LogP contribution in [0.4, 0.5) is 11.5 Å². The topological polar surface area (TPSA) is 72.6 Å². The van der Waals surface area contributed by atoms with Gasteiger partial charge in [0.1, 0.15) is 6.61 Å². The fraction of sp³-hybridized carbons (Fsp3) is 0.583. The van der Waals surface area contributed by atoms with Crippen molar-refractivity contribution < 1.29 is 9.47 Å². The fourth-order valence-corrected chi connectivity index (χ4v) is 2.27. The molecule has 0 aromatic carbocycles. The summed E-state index contributed by atoms with van der Waals surface area (Å²) in [6, 6.07) is 1.96. The summed E-state index contributed by atoms with van der Waals surface area (Å²) in [7, 11) is 0. The second-order valence-corrected chi connectivity index (χ2v) is 4.49. The van der Waals surface area contributed by atoms with Crippen LogP contribution >= 0.6 is 0 Å². The van der Waals surface area contributed by atoms with E-state index in [1.807, 2.05) is 6.07 Å². The molecule has 0 atom stereocenters. The van der Waals surface area contributed by atoms with Gasteiger partial charge in [0, 0.05) is 31.7 Å². The number of anilines is 2. The molecular weight excluding hydrogens is 232 g/mol. The van der Waals surface area contributed by atoms with Gasteiger partial charge in [0.25, 0.3) is 0 Å². The van der Waals surface area contributed by atoms with Crippen LogP contribution in [0.5, 0.6) is 5.88 Å². The zero-order valence-corrected chi connectivity index (χ0v) is 10.3. The summed E-state index contributed by atoms with van der Waals surface area (Å²) >= 11 is 0. The second-order valence-electron chi connectivity index (χ2n) is 4.49. The lowest BCUT2D eigenvalue weighted by Crippen LogP contribution is -2.37. The quantitative estimate of drug-likeness (QED) is 0.730. The Kier molecular flexibility index (Phi) is 3.21. The molecule has 6 heteroatoms. The Labute approximate surface area is 106 Å². The number of nitrogens with one attached hydrogen (secondary N) is 1. The number of fused-ring (bicyclic) bond motifs is 1. The second kappa shape index (κ2) is 4.99. The number of ether oxygens (including phenoxy) is 2. The van der Waals surface area contributed by atoms with E-state index in [0.717, 1.165) is 50.8 Å². The molecule has 0 unspecified atom stereocenters. The Hall–Kier alpha value is -1.53. The van der Waals surface area contributed by atoms with Gasteiger partial charge in [0.2, 0.25) is 5.88 Å². The van der Waals surface area contributed by atoms with Gasteiger partial charge < -0.3 is 25.4 Å². The number of nitrogens with two attached hydrogens (primary N) is 1. The highest BCUT2D eigenvalue weighted by atomic mass is 16.5. The summed E-state index contributed by atoms with van der Waals surface area (Å²) in [5.41, 5.74) is 7.84. The van der Waals surface area contributed by atoms with E-state index >= 15 is 0 Å². The van der Waals surface area contributed by atoms with Gasteiger partial charge in [0.15, 0.2) is 5.82 Å². The van der Waals surface area contributed by atoms with E-state index in [1.54, 1.807) is 0 Å². The third-order valence-corrected chi connectivity index (χ3v) is 3.21. The number of hydrogen-bond acceptors (Lipinski definition) is 6. The van der Waals surface area contributed by atoms with Crippen molar-refractivity contribution in [2.75, 3.05) is 50.1 Å². The normalized spacial score (nSPS) is 19.9. The third kappa shape index (κ3) is 2.21. The molecule has 1 fully saturated rings. The van der Waals surface area contributed by atoms with E-state index in [9.17, 15) is 0 Å². The van der Waals surface area contributed by atoms with E-state index in [4.69, 9.17) is 15.2 Å². The Balaban J connectivity index is 1.92. The van der Waals surface area contributed by atoms with Crippen molar-refractivity contribution in [2.24, 2.45) is 0 Å². The number of aromatic nitrogens is 1. The molecule has 2 aliphatic heterocycles. The average Bonchev–Trinajstić information content (AvgIpc) is 2.63. The molecular formula is C12H18N4O2. The van der Waals surface area contributed by atoms with E-state index < -0.39 is 0 Å². The van der Waals surface area contributed by atoms with Gasteiger partial charge in [-0.25, -0.2) is 0 Å². The van der Waals surface area contributed by atoms with Crippen molar-refractivity contribution in [1.82, 2.24) is 10.3 Å². The van der Waals surface area contributed by atoms with Crippen molar-refractivity contribution in [3.63, 3.8) is 0 Å². The molecule has 1 aromatic rings. The highest BCUT2D eigenvalue weighted by Crippen LogP contribution is 2.29. The maximum atomic E-state index is 6.10. The first kappa shape index (κ1) is 11.6. The average molecular weight is 250 g/mol. The van der Waals surface area contributed by atoms with Crippen LogP contribution in [0.1, 0.15) is 5.56 Å². The summed E-state index contributed by atoms with van der Waals surface area (Å²) in [5, 5.41) is 3.28. The molecule has 0 radical (unpaired) electrons. The van der Waals surface area contributed by atoms with Crippen LogP contribution in [0, 0.1) is 0 Å². The SMILES string of the molecule is Nc1cc2c(nc1N1CCOCC1)OCCNC2. The van der Waals surface area contributed by atoms with Crippen molar-refractivity contribution in [3.8, 4) is 5.88 Å². The molecule has 6 nitrogen and oxygen atoms in total. The van der Waals surface area contributed by atoms with Gasteiger partial charge in [-0.15, -0.1) is 0 Å². The number of nitrogens with zero attached hydrogens (tertiary/aromatic N) is 2. The van der Waals surface area contributed by atoms with Crippen LogP contribution in [0.3, 0.4) is 0 Å². The highest BCUT2D eigenvalue weighted by molar-refractivity contribution is 5.65. The van der Waals surface area contributed by atoms with E-state index in [1.165, 1.54) is 0 Å². The number of nitrogen functional groups attached to an aromatic ring is 1. The fourth-order valence-electron chi connectivity index (χ4n) is 2.27. The summed E-state index contributed by atoms with van der Waals surface area (Å²) in [6.07, 6.45) is 0. The lowest BCUT2D eigenvalue weighted by atomic mass is 10.2. The predicted molar refractivity (Wildman–Crippen MR) is 68.9 cm³/mol. The summed E-state index contributed by atoms with van der Waals surface area (Å²) in [6.45, 7) is 5.34. The van der Waals surface area contributed by atoms with Gasteiger partial charge in [-0.2, -0.15) is 4.98 Å². The Morgan fingerprint density at radius 3 is 2.94 bits per heavy atom. The molecule has 0 amide bonds. The molecule has 0 saturated carbocycles. The van der Waals surface area contributed by atoms with Crippen molar-refractivity contribution in [1.29, 1.82) is 0 Å². The minimum atomic E-state index is 0.645. The van der Waals surface area contributed by atoms with Crippen LogP contribution in [0.25, 0.3) is 0 Å². The standard InChI is InChI=1S/C12H18N4O2/c13-10-7-9-8-14-1-4-18-12(9)15-11(10)16-2-5-17-6-3-16/h7,14H,1-6,8,13H2. The zero-order chi connectivity index (χ0) is 12.4. The highest BCUT2D eigenvalue weighted by Gasteiger charge is 2.19. The molecule has 1 saturated heterocycles. The minimum Gasteiger partial charge on any atom is -0.476 e. The third-order valence-electron chi connectivity index (χ3n) is 3.21. The lowest BCUT2D eigenvalue weighted by Gasteiger charge is -2.29. The molecule has 18 heavy (non-hydrogen) atoms. The molecule has 3 heterocycles. The summed E-state index contributed by atoms with van der Waals surface area (Å²) in [5.74, 6) is 1.52. The molecule has 0 aliphatic carbocycles. The van der Waals surface area contributed by atoms with Gasteiger partial charge in [-0.3, -0.25) is 0 Å². The smallest absolute Gasteiger partial charge is 0.220 e. The molecule has 3 rings (SSSR count). The van der Waals surface area contributed by atoms with Gasteiger partial charge in [-0.1, -0.05) is 0 Å². The number of hydrogen-bond donors (Lipinski definition) is 2. The van der Waals surface area contributed by atoms with Crippen molar-refractivity contribution in [3.05, 3.63) is 11.6 Å². The van der Waals surface area contributed by atoms with E-state index in [-0.39, 0.29) is 0 Å². The summed E-state index contributed by atoms with van der Waals surface area (Å²) < 4.78 is 11.0. The molecule has 1 aromatic heterocycles. The minimum absolute atomic E-state index is 0.645. The first-order chi connectivity index (χ1) is 8.84. The first-order valence-electron chi connectivity index (χ1n) is 6.30. The largest absolute Gasteiger partial charge is 0.476 e. The molecule has 3 N–H and O–H groups in total. The van der Waals surface area contributed by atoms with Crippen LogP contribution in [0.15, 0.2) is 6.07 Å². The van der Waals surface area contributed by atoms with Crippen LogP contribution in [0.2, 0.25) is 0 Å². The van der Waals surface area contributed by atoms with Crippen LogP contribution < -0.4 is 20.7 Å². The maximum Gasteiger partial charge on any atom is 0.220 e. The monoisotopic (exact) mass is 250 g/mol. The number of morpholine rings is 1. The molecule has 2 aliphatic rings. The Morgan fingerprint density at radius 2 is 2.11 bits per heavy atom. The summed E-state index contributed by atoms with van der Waals surface area (Å²) in [4.78, 5) is 6.73. The van der Waals surface area contributed by atoms with Gasteiger partial charge in [0.05, 0.1) is 18.9 Å². The Morgan fingerprint density at radius 1 is 1.28 bits per heavy atom. The maximum absolute atomic E-state index is 6.10. The molecule has 0 spiro atoms. The van der Waals surface area contributed by atoms with Gasteiger partial charge in [-0.05, 0) is 6.07 Å². The first-order valence-corrected chi connectivity index (χ1v) is 6.30. The van der Waals surface area contributed by atoms with Crippen LogP contribution in [-0.2, 0) is 11.3 Å². The molecule has 98 valence electrons. The van der Waals surface area contributed by atoms with E-state index in [0.29, 0.717) is 18.2 Å². The predicted octanol–water partition coefficient (Wildman–Crippen LogP) is -0.0176. The zero-order valence-electron chi connectivity index (χ0n) is 10.3. The molecule has 0 bridgehead atoms. The van der Waals surface area contributed by atoms with Crippen molar-refractivity contribution >= 4 is 11.5 Å². The lowest BCUT2D eigenvalue weighted by molar-refractivity contribution is 0.122. The Bertz CT molecular complexity index is 432.